The highest BCUT2D eigenvalue weighted by molar-refractivity contribution is 5.97. The molecule has 3 aromatic carbocycles. The SMILES string of the molecule is Cc1ccc(C(=O)N(CC(=O)N(CCc2c[nH]c3ccccc23)Cc2ccc(C(F)(F)F)cc2)C2CC2)cc1[N+](=O)[O-]. The molecule has 0 spiro atoms. The minimum absolute atomic E-state index is 0.0576. The number of benzene rings is 3. The highest BCUT2D eigenvalue weighted by Crippen LogP contribution is 2.31. The summed E-state index contributed by atoms with van der Waals surface area (Å²) in [6.07, 6.45) is -0.699. The Morgan fingerprint density at radius 2 is 1.76 bits per heavy atom. The van der Waals surface area contributed by atoms with E-state index in [-0.39, 0.29) is 42.8 Å². The van der Waals surface area contributed by atoms with Crippen LogP contribution in [0.2, 0.25) is 0 Å². The number of aromatic amines is 1. The van der Waals surface area contributed by atoms with Gasteiger partial charge in [-0.05, 0) is 61.6 Å². The largest absolute Gasteiger partial charge is 0.416 e. The lowest BCUT2D eigenvalue weighted by Crippen LogP contribution is -2.44. The second-order valence-electron chi connectivity index (χ2n) is 10.5. The number of carbonyl (C=O) groups is 2. The van der Waals surface area contributed by atoms with Crippen LogP contribution < -0.4 is 0 Å². The summed E-state index contributed by atoms with van der Waals surface area (Å²) < 4.78 is 39.3. The van der Waals surface area contributed by atoms with Crippen LogP contribution in [0.5, 0.6) is 0 Å². The number of nitro groups is 1. The van der Waals surface area contributed by atoms with Crippen molar-refractivity contribution < 1.29 is 27.7 Å². The fourth-order valence-corrected chi connectivity index (χ4v) is 5.01. The molecule has 1 N–H and O–H groups in total. The van der Waals surface area contributed by atoms with E-state index in [2.05, 4.69) is 4.98 Å². The topological polar surface area (TPSA) is 99.6 Å². The summed E-state index contributed by atoms with van der Waals surface area (Å²) in [5, 5.41) is 12.4. The molecule has 218 valence electrons. The number of alkyl halides is 3. The van der Waals surface area contributed by atoms with Gasteiger partial charge in [-0.25, -0.2) is 0 Å². The van der Waals surface area contributed by atoms with Crippen molar-refractivity contribution in [3.05, 3.63) is 111 Å². The zero-order valence-corrected chi connectivity index (χ0v) is 22.9. The number of hydrogen-bond donors (Lipinski definition) is 1. The van der Waals surface area contributed by atoms with E-state index in [1.54, 1.807) is 11.8 Å². The molecule has 8 nitrogen and oxygen atoms in total. The Kier molecular flexibility index (Phi) is 8.02. The molecule has 2 amide bonds. The summed E-state index contributed by atoms with van der Waals surface area (Å²) in [6.45, 7) is 1.66. The van der Waals surface area contributed by atoms with Gasteiger partial charge in [0.05, 0.1) is 10.5 Å². The molecule has 0 unspecified atom stereocenters. The monoisotopic (exact) mass is 578 g/mol. The normalized spacial score (nSPS) is 13.2. The van der Waals surface area contributed by atoms with Crippen LogP contribution in [0.3, 0.4) is 0 Å². The molecule has 4 aromatic rings. The standard InChI is InChI=1S/C31H29F3N4O4/c1-20-6-9-22(16-28(20)38(41)42)30(40)37(25-12-13-25)19-29(39)36(18-21-7-10-24(11-8-21)31(32,33)34)15-14-23-17-35-27-5-3-2-4-26(23)27/h2-11,16-17,25,35H,12-15,18-19H2,1H3. The van der Waals surface area contributed by atoms with Crippen molar-refractivity contribution in [3.8, 4) is 0 Å². The van der Waals surface area contributed by atoms with Crippen molar-refractivity contribution >= 4 is 28.4 Å². The van der Waals surface area contributed by atoms with Gasteiger partial charge in [0, 0.05) is 53.4 Å². The molecule has 1 aromatic heterocycles. The molecule has 1 saturated carbocycles. The molecule has 0 radical (unpaired) electrons. The Hall–Kier alpha value is -4.67. The predicted octanol–water partition coefficient (Wildman–Crippen LogP) is 6.28. The van der Waals surface area contributed by atoms with Gasteiger partial charge in [-0.1, -0.05) is 36.4 Å². The molecule has 42 heavy (non-hydrogen) atoms. The van der Waals surface area contributed by atoms with E-state index < -0.39 is 22.6 Å². The van der Waals surface area contributed by atoms with Crippen LogP contribution in [0.1, 0.15) is 45.5 Å². The van der Waals surface area contributed by atoms with Crippen molar-refractivity contribution in [2.24, 2.45) is 0 Å². The number of aromatic nitrogens is 1. The van der Waals surface area contributed by atoms with Gasteiger partial charge < -0.3 is 14.8 Å². The molecule has 0 bridgehead atoms. The van der Waals surface area contributed by atoms with E-state index in [1.165, 1.54) is 35.2 Å². The van der Waals surface area contributed by atoms with Crippen LogP contribution in [-0.4, -0.2) is 50.7 Å². The van der Waals surface area contributed by atoms with Crippen molar-refractivity contribution in [2.75, 3.05) is 13.1 Å². The van der Waals surface area contributed by atoms with E-state index in [0.717, 1.165) is 28.6 Å². The lowest BCUT2D eigenvalue weighted by molar-refractivity contribution is -0.385. The molecule has 11 heteroatoms. The lowest BCUT2D eigenvalue weighted by Gasteiger charge is -2.28. The third-order valence-corrected chi connectivity index (χ3v) is 7.54. The van der Waals surface area contributed by atoms with Crippen molar-refractivity contribution in [1.82, 2.24) is 14.8 Å². The molecule has 5 rings (SSSR count). The molecule has 1 fully saturated rings. The molecular weight excluding hydrogens is 549 g/mol. The van der Waals surface area contributed by atoms with Gasteiger partial charge in [-0.15, -0.1) is 0 Å². The maximum absolute atomic E-state index is 13.7. The number of carbonyl (C=O) groups excluding carboxylic acids is 2. The molecule has 1 heterocycles. The Balaban J connectivity index is 1.38. The molecule has 0 saturated heterocycles. The maximum Gasteiger partial charge on any atom is 0.416 e. The Morgan fingerprint density at radius 3 is 2.43 bits per heavy atom. The summed E-state index contributed by atoms with van der Waals surface area (Å²) in [7, 11) is 0. The number of nitrogens with one attached hydrogen (secondary N) is 1. The van der Waals surface area contributed by atoms with Gasteiger partial charge in [0.25, 0.3) is 11.6 Å². The summed E-state index contributed by atoms with van der Waals surface area (Å²) in [6, 6.07) is 16.5. The van der Waals surface area contributed by atoms with Gasteiger partial charge in [0.2, 0.25) is 5.91 Å². The van der Waals surface area contributed by atoms with Crippen LogP contribution in [-0.2, 0) is 23.9 Å². The number of para-hydroxylation sites is 1. The van der Waals surface area contributed by atoms with Gasteiger partial charge in [-0.2, -0.15) is 13.2 Å². The zero-order chi connectivity index (χ0) is 30.0. The highest BCUT2D eigenvalue weighted by atomic mass is 19.4. The van der Waals surface area contributed by atoms with E-state index in [1.807, 2.05) is 30.5 Å². The fraction of sp³-hybridized carbons (Fsp3) is 0.290. The minimum Gasteiger partial charge on any atom is -0.361 e. The molecule has 1 aliphatic rings. The van der Waals surface area contributed by atoms with E-state index in [4.69, 9.17) is 0 Å². The number of nitro benzene ring substituents is 1. The average molecular weight is 579 g/mol. The second-order valence-corrected chi connectivity index (χ2v) is 10.5. The summed E-state index contributed by atoms with van der Waals surface area (Å²) in [4.78, 5) is 44.3. The van der Waals surface area contributed by atoms with Crippen molar-refractivity contribution in [1.29, 1.82) is 0 Å². The highest BCUT2D eigenvalue weighted by Gasteiger charge is 2.36. The number of amides is 2. The molecule has 0 atom stereocenters. The van der Waals surface area contributed by atoms with Gasteiger partial charge in [0.1, 0.15) is 6.54 Å². The Morgan fingerprint density at radius 1 is 1.05 bits per heavy atom. The first-order valence-electron chi connectivity index (χ1n) is 13.6. The second kappa shape index (κ2) is 11.7. The number of nitrogens with zero attached hydrogens (tertiary/aromatic N) is 3. The Bertz CT molecular complexity index is 1630. The van der Waals surface area contributed by atoms with Gasteiger partial charge >= 0.3 is 6.18 Å². The van der Waals surface area contributed by atoms with Crippen molar-refractivity contribution in [2.45, 2.75) is 44.9 Å². The minimum atomic E-state index is -4.47. The number of fused-ring (bicyclic) bond motifs is 1. The Labute approximate surface area is 239 Å². The number of H-pyrrole nitrogens is 1. The van der Waals surface area contributed by atoms with E-state index in [0.29, 0.717) is 30.4 Å². The quantitative estimate of drug-likeness (QED) is 0.177. The zero-order valence-electron chi connectivity index (χ0n) is 22.9. The van der Waals surface area contributed by atoms with E-state index in [9.17, 15) is 32.9 Å². The maximum atomic E-state index is 13.7. The molecule has 1 aliphatic carbocycles. The molecule has 0 aliphatic heterocycles. The first-order chi connectivity index (χ1) is 20.0. The van der Waals surface area contributed by atoms with Crippen LogP contribution in [0.15, 0.2) is 72.9 Å². The summed E-state index contributed by atoms with van der Waals surface area (Å²) >= 11 is 0. The number of hydrogen-bond acceptors (Lipinski definition) is 4. The molecular formula is C31H29F3N4O4. The van der Waals surface area contributed by atoms with Crippen LogP contribution >= 0.6 is 0 Å². The lowest BCUT2D eigenvalue weighted by atomic mass is 10.1. The van der Waals surface area contributed by atoms with Crippen LogP contribution in [0.25, 0.3) is 10.9 Å². The smallest absolute Gasteiger partial charge is 0.361 e. The third kappa shape index (κ3) is 6.45. The van der Waals surface area contributed by atoms with Gasteiger partial charge in [-0.3, -0.25) is 19.7 Å². The fourth-order valence-electron chi connectivity index (χ4n) is 5.01. The first-order valence-corrected chi connectivity index (χ1v) is 13.6. The summed E-state index contributed by atoms with van der Waals surface area (Å²) in [5.41, 5.74) is 2.05. The van der Waals surface area contributed by atoms with Crippen LogP contribution in [0, 0.1) is 17.0 Å². The summed E-state index contributed by atoms with van der Waals surface area (Å²) in [5.74, 6) is -0.836. The average Bonchev–Trinajstić information content (AvgIpc) is 3.72. The van der Waals surface area contributed by atoms with Crippen LogP contribution in [0.4, 0.5) is 18.9 Å². The van der Waals surface area contributed by atoms with Gasteiger partial charge in [0.15, 0.2) is 0 Å². The number of rotatable bonds is 10. The third-order valence-electron chi connectivity index (χ3n) is 7.54. The number of halogens is 3. The predicted molar refractivity (Wildman–Crippen MR) is 151 cm³/mol. The van der Waals surface area contributed by atoms with E-state index >= 15 is 0 Å². The van der Waals surface area contributed by atoms with Crippen molar-refractivity contribution in [3.63, 3.8) is 0 Å². The first kappa shape index (κ1) is 28.8. The number of aryl methyl sites for hydroxylation is 1.